The molecule has 5 rings (SSSR count). The monoisotopic (exact) mass is 424 g/mol. The summed E-state index contributed by atoms with van der Waals surface area (Å²) in [4.78, 5) is 10.5. The van der Waals surface area contributed by atoms with E-state index in [1.54, 1.807) is 18.6 Å². The van der Waals surface area contributed by atoms with Gasteiger partial charge in [-0.2, -0.15) is 8.42 Å². The van der Waals surface area contributed by atoms with E-state index in [9.17, 15) is 13.0 Å². The number of likely N-dealkylation sites (N-methyl/N-ethyl adjacent to an activating group) is 1. The van der Waals surface area contributed by atoms with Crippen molar-refractivity contribution < 1.29 is 16.9 Å². The van der Waals surface area contributed by atoms with E-state index in [0.717, 1.165) is 28.9 Å². The third-order valence-corrected chi connectivity index (χ3v) is 7.20. The number of aromatic nitrogens is 2. The van der Waals surface area contributed by atoms with Crippen LogP contribution in [-0.2, 0) is 16.7 Å². The quantitative estimate of drug-likeness (QED) is 0.441. The second kappa shape index (κ2) is 8.14. The fourth-order valence-corrected chi connectivity index (χ4v) is 4.75. The third-order valence-electron chi connectivity index (χ3n) is 5.79. The molecule has 2 aliphatic heterocycles. The largest absolute Gasteiger partial charge is 0.702 e. The van der Waals surface area contributed by atoms with E-state index in [-0.39, 0.29) is 19.1 Å². The molecular weight excluding hydrogens is 400 g/mol. The molecule has 2 aliphatic rings. The molecule has 2 atom stereocenters. The predicted molar refractivity (Wildman–Crippen MR) is 113 cm³/mol. The Kier molecular flexibility index (Phi) is 5.55. The molecule has 1 aromatic carbocycles. The smallest absolute Gasteiger partial charge is 0.254 e. The first-order valence-electron chi connectivity index (χ1n) is 9.83. The van der Waals surface area contributed by atoms with Gasteiger partial charge in [0.1, 0.15) is 24.9 Å². The van der Waals surface area contributed by atoms with Crippen molar-refractivity contribution in [3.8, 4) is 0 Å². The first-order chi connectivity index (χ1) is 14.4. The summed E-state index contributed by atoms with van der Waals surface area (Å²) in [7, 11) is -2.91. The van der Waals surface area contributed by atoms with Gasteiger partial charge in [0.05, 0.1) is 13.6 Å². The molecule has 7 nitrogen and oxygen atoms in total. The van der Waals surface area contributed by atoms with Gasteiger partial charge >= 0.3 is 0 Å². The molecule has 156 valence electrons. The molecule has 0 radical (unpaired) electrons. The second-order valence-electron chi connectivity index (χ2n) is 7.73. The van der Waals surface area contributed by atoms with Gasteiger partial charge in [-0.05, 0) is 34.9 Å². The molecule has 0 spiro atoms. The van der Waals surface area contributed by atoms with E-state index >= 15 is 0 Å². The molecule has 0 saturated carbocycles. The van der Waals surface area contributed by atoms with Crippen molar-refractivity contribution in [2.75, 3.05) is 31.6 Å². The number of quaternary nitrogens is 1. The van der Waals surface area contributed by atoms with Crippen LogP contribution in [0.1, 0.15) is 22.7 Å². The van der Waals surface area contributed by atoms with Crippen LogP contribution in [-0.4, -0.2) is 53.5 Å². The van der Waals surface area contributed by atoms with Gasteiger partial charge in [-0.15, -0.1) is 0 Å². The Hall–Kier alpha value is -2.81. The zero-order valence-electron chi connectivity index (χ0n) is 16.8. The highest BCUT2D eigenvalue weighted by molar-refractivity contribution is 7.79. The minimum Gasteiger partial charge on any atom is -0.702 e. The first-order valence-corrected chi connectivity index (χ1v) is 11.2. The van der Waals surface area contributed by atoms with Crippen LogP contribution >= 0.6 is 0 Å². The number of pyridine rings is 2. The van der Waals surface area contributed by atoms with Crippen molar-refractivity contribution in [1.82, 2.24) is 9.97 Å². The summed E-state index contributed by atoms with van der Waals surface area (Å²) in [5.74, 6) is 0.897. The summed E-state index contributed by atoms with van der Waals surface area (Å²) in [6.07, 6.45) is 6.03. The summed E-state index contributed by atoms with van der Waals surface area (Å²) < 4.78 is 34.9. The van der Waals surface area contributed by atoms with Crippen LogP contribution in [0.5, 0.6) is 0 Å². The Bertz CT molecular complexity index is 1100. The second-order valence-corrected chi connectivity index (χ2v) is 9.46. The van der Waals surface area contributed by atoms with Crippen molar-refractivity contribution in [2.24, 2.45) is 0 Å². The maximum Gasteiger partial charge on any atom is 0.254 e. The van der Waals surface area contributed by atoms with Crippen LogP contribution in [0.2, 0.25) is 0 Å². The standard InChI is InChI=1S/C17H19N3O3S.C5H5N/c1-20(24(21,22)23)10-9-19-16(12-20)15-7-3-2-5-13(15)11-14-6-4-8-18-17(14)19;1-2-4-6-5-3-1/h2-8,16H,9-12H2,1H3;1-5H. The highest BCUT2D eigenvalue weighted by Gasteiger charge is 2.43. The van der Waals surface area contributed by atoms with E-state index < -0.39 is 14.2 Å². The lowest BCUT2D eigenvalue weighted by molar-refractivity contribution is -0.794. The maximum absolute atomic E-state index is 11.8. The zero-order valence-corrected chi connectivity index (χ0v) is 17.6. The predicted octanol–water partition coefficient (Wildman–Crippen LogP) is 2.54. The topological polar surface area (TPSA) is 86.2 Å². The van der Waals surface area contributed by atoms with Crippen LogP contribution in [0.15, 0.2) is 73.2 Å². The zero-order chi connectivity index (χ0) is 21.2. The number of fused-ring (bicyclic) bond motifs is 5. The first kappa shape index (κ1) is 20.5. The number of rotatable bonds is 1. The van der Waals surface area contributed by atoms with Gasteiger partial charge in [-0.25, -0.2) is 8.87 Å². The molecule has 0 aliphatic carbocycles. The third kappa shape index (κ3) is 3.94. The number of nitrogens with zero attached hydrogens (tertiary/aromatic N) is 4. The molecule has 30 heavy (non-hydrogen) atoms. The number of hydrogen-bond acceptors (Lipinski definition) is 6. The normalized spacial score (nSPS) is 22.5. The molecule has 4 heterocycles. The summed E-state index contributed by atoms with van der Waals surface area (Å²) in [5.41, 5.74) is 3.38. The van der Waals surface area contributed by atoms with Gasteiger partial charge in [0, 0.05) is 25.0 Å². The molecule has 3 aromatic rings. The molecule has 8 heteroatoms. The Labute approximate surface area is 177 Å². The molecule has 0 bridgehead atoms. The van der Waals surface area contributed by atoms with Crippen molar-refractivity contribution >= 4 is 16.1 Å². The highest BCUT2D eigenvalue weighted by Crippen LogP contribution is 2.39. The Morgan fingerprint density at radius 3 is 2.40 bits per heavy atom. The van der Waals surface area contributed by atoms with Crippen molar-refractivity contribution in [3.63, 3.8) is 0 Å². The van der Waals surface area contributed by atoms with Crippen LogP contribution in [0.3, 0.4) is 0 Å². The Morgan fingerprint density at radius 2 is 1.73 bits per heavy atom. The summed E-state index contributed by atoms with van der Waals surface area (Å²) in [5, 5.41) is 0. The number of anilines is 1. The minimum absolute atomic E-state index is 0.167. The van der Waals surface area contributed by atoms with E-state index in [1.165, 1.54) is 7.05 Å². The molecule has 1 saturated heterocycles. The number of benzene rings is 1. The Morgan fingerprint density at radius 1 is 1.00 bits per heavy atom. The van der Waals surface area contributed by atoms with Gasteiger partial charge in [-0.3, -0.25) is 4.98 Å². The summed E-state index contributed by atoms with van der Waals surface area (Å²) in [6.45, 7) is 0.986. The van der Waals surface area contributed by atoms with Crippen LogP contribution in [0.4, 0.5) is 5.82 Å². The van der Waals surface area contributed by atoms with Crippen molar-refractivity contribution in [1.29, 1.82) is 0 Å². The average molecular weight is 425 g/mol. The molecule has 2 unspecified atom stereocenters. The lowest BCUT2D eigenvalue weighted by atomic mass is 9.96. The molecule has 0 amide bonds. The number of piperazine rings is 1. The lowest BCUT2D eigenvalue weighted by Gasteiger charge is -2.47. The van der Waals surface area contributed by atoms with E-state index in [1.807, 2.05) is 42.5 Å². The number of hydrogen-bond donors (Lipinski definition) is 0. The van der Waals surface area contributed by atoms with Crippen LogP contribution < -0.4 is 4.90 Å². The van der Waals surface area contributed by atoms with Crippen molar-refractivity contribution in [2.45, 2.75) is 12.5 Å². The van der Waals surface area contributed by atoms with Gasteiger partial charge in [-0.1, -0.05) is 36.4 Å². The summed E-state index contributed by atoms with van der Waals surface area (Å²) in [6, 6.07) is 17.6. The molecule has 0 N–H and O–H groups in total. The minimum atomic E-state index is -4.43. The van der Waals surface area contributed by atoms with Crippen LogP contribution in [0, 0.1) is 0 Å². The molecule has 2 aromatic heterocycles. The van der Waals surface area contributed by atoms with Gasteiger partial charge in [0.25, 0.3) is 10.3 Å². The van der Waals surface area contributed by atoms with Crippen molar-refractivity contribution in [3.05, 3.63) is 89.9 Å². The van der Waals surface area contributed by atoms with Gasteiger partial charge in [0.2, 0.25) is 0 Å². The van der Waals surface area contributed by atoms with Gasteiger partial charge < -0.3 is 9.45 Å². The Balaban J connectivity index is 0.000000313. The SMILES string of the molecule is C[N+]1(S(=O)(=O)[O-])CCN2c3ncccc3Cc3ccccc3C2C1.c1ccncc1. The molecule has 1 fully saturated rings. The fraction of sp³-hybridized carbons (Fsp3) is 0.273. The molecular formula is C22H24N4O3S. The lowest BCUT2D eigenvalue weighted by Crippen LogP contribution is -2.61. The average Bonchev–Trinajstić information content (AvgIpc) is 2.89. The van der Waals surface area contributed by atoms with E-state index in [0.29, 0.717) is 6.54 Å². The van der Waals surface area contributed by atoms with Crippen LogP contribution in [0.25, 0.3) is 0 Å². The van der Waals surface area contributed by atoms with Gasteiger partial charge in [0.15, 0.2) is 0 Å². The summed E-state index contributed by atoms with van der Waals surface area (Å²) >= 11 is 0. The highest BCUT2D eigenvalue weighted by atomic mass is 32.2. The maximum atomic E-state index is 11.8. The van der Waals surface area contributed by atoms with E-state index in [2.05, 4.69) is 27.0 Å². The van der Waals surface area contributed by atoms with E-state index in [4.69, 9.17) is 0 Å². The fourth-order valence-electron chi connectivity index (χ4n) is 4.12.